The Hall–Kier alpha value is -12.9. The summed E-state index contributed by atoms with van der Waals surface area (Å²) in [6.45, 7) is 12.0. The fourth-order valence-electron chi connectivity index (χ4n) is 11.0. The largest absolute Gasteiger partial charge is 0.481 e. The van der Waals surface area contributed by atoms with Crippen LogP contribution in [0.5, 0.6) is 0 Å². The molecule has 1 aliphatic rings. The summed E-state index contributed by atoms with van der Waals surface area (Å²) in [5, 5.41) is 54.5. The molecule has 0 radical (unpaired) electrons. The number of aliphatic carboxylic acids is 3. The molecule has 141 heavy (non-hydrogen) atoms. The first kappa shape index (κ1) is 120. The number of anilines is 5. The van der Waals surface area contributed by atoms with Gasteiger partial charge in [0.15, 0.2) is 0 Å². The van der Waals surface area contributed by atoms with Gasteiger partial charge in [-0.3, -0.25) is 43.2 Å². The zero-order chi connectivity index (χ0) is 104. The molecule has 2 bridgehead atoms. The second-order valence-electron chi connectivity index (χ2n) is 30.4. The predicted octanol–water partition coefficient (Wildman–Crippen LogP) is 12.4. The molecule has 762 valence electrons. The van der Waals surface area contributed by atoms with Gasteiger partial charge >= 0.3 is 17.9 Å². The number of nitrogens with one attached hydrogen (secondary N) is 10. The molecule has 5 aromatic heterocycles. The maximum absolute atomic E-state index is 13.0. The topological polar surface area (TPSA) is 620 Å². The van der Waals surface area contributed by atoms with Crippen molar-refractivity contribution < 1.29 is 80.4 Å². The van der Waals surface area contributed by atoms with Crippen LogP contribution in [0.2, 0.25) is 26.2 Å². The molecule has 0 fully saturated rings. The minimum atomic E-state index is -0.846. The van der Waals surface area contributed by atoms with Gasteiger partial charge in [-0.1, -0.05) is 105 Å². The Bertz CT molecular complexity index is 5530. The van der Waals surface area contributed by atoms with Gasteiger partial charge in [0.2, 0.25) is 33.7 Å². The van der Waals surface area contributed by atoms with Crippen LogP contribution in [0.15, 0.2) is 152 Å². The molecule has 25 N–H and O–H groups in total. The van der Waals surface area contributed by atoms with Crippen LogP contribution >= 0.6 is 69.6 Å². The quantitative estimate of drug-likeness (QED) is 0.00570. The number of rotatable bonds is 36. The average molecular weight is 2080 g/mol. The fraction of sp³-hybridized carbons (Fsp3) is 0.359. The predicted molar refractivity (Wildman–Crippen MR) is 531 cm³/mol. The third-order valence-electron chi connectivity index (χ3n) is 19.2. The normalized spacial score (nSPS) is 12.4. The van der Waals surface area contributed by atoms with Crippen molar-refractivity contribution in [2.75, 3.05) is 92.0 Å². The molecule has 11 rings (SSSR count). The minimum Gasteiger partial charge on any atom is -0.481 e. The lowest BCUT2D eigenvalue weighted by Crippen LogP contribution is -2.41. The molecule has 49 heteroatoms. The number of fused-ring (bicyclic) bond motifs is 2. The zero-order valence-electron chi connectivity index (χ0n) is 77.2. The third kappa shape index (κ3) is 49.7. The summed E-state index contributed by atoms with van der Waals surface area (Å²) in [7, 11) is 0. The Morgan fingerprint density at radius 2 is 0.738 bits per heavy atom. The Labute approximate surface area is 841 Å². The van der Waals surface area contributed by atoms with E-state index in [1.165, 1.54) is 91.6 Å². The highest BCUT2D eigenvalue weighted by molar-refractivity contribution is 6.68. The van der Waals surface area contributed by atoms with Crippen molar-refractivity contribution in [1.82, 2.24) is 76.4 Å². The van der Waals surface area contributed by atoms with E-state index in [9.17, 15) is 65.1 Å². The van der Waals surface area contributed by atoms with E-state index in [-0.39, 0.29) is 133 Å². The van der Waals surface area contributed by atoms with E-state index in [0.717, 1.165) is 60.2 Å². The lowest BCUT2D eigenvalue weighted by atomic mass is 10.1. The summed E-state index contributed by atoms with van der Waals surface area (Å²) < 4.78 is 63.9. The van der Waals surface area contributed by atoms with Crippen LogP contribution < -0.4 is 87.6 Å². The van der Waals surface area contributed by atoms with Gasteiger partial charge < -0.3 is 103 Å². The molecular formula is C92H115Cl6F5N26O12. The number of carboxylic acids is 3. The number of carboxylic acid groups (broad SMARTS) is 3. The molecule has 0 unspecified atom stereocenters. The summed E-state index contributed by atoms with van der Waals surface area (Å²) in [6, 6.07) is 29.0. The summed E-state index contributed by atoms with van der Waals surface area (Å²) in [5.74, 6) is -5.04. The van der Waals surface area contributed by atoms with Crippen LogP contribution in [0.1, 0.15) is 171 Å². The molecule has 0 spiro atoms. The van der Waals surface area contributed by atoms with Crippen LogP contribution in [-0.2, 0) is 51.9 Å². The van der Waals surface area contributed by atoms with E-state index in [0.29, 0.717) is 139 Å². The van der Waals surface area contributed by atoms with Gasteiger partial charge in [0, 0.05) is 103 Å². The minimum absolute atomic E-state index is 0.00788. The van der Waals surface area contributed by atoms with Crippen molar-refractivity contribution in [3.05, 3.63) is 263 Å². The van der Waals surface area contributed by atoms with Crippen LogP contribution in [0.3, 0.4) is 0 Å². The summed E-state index contributed by atoms with van der Waals surface area (Å²) in [4.78, 5) is 143. The van der Waals surface area contributed by atoms with Gasteiger partial charge in [0.25, 0.3) is 28.9 Å². The number of benzene rings is 5. The number of carbonyl (C=O) groups is 9. The first-order valence-corrected chi connectivity index (χ1v) is 46.2. The summed E-state index contributed by atoms with van der Waals surface area (Å²) >= 11 is 33.1. The number of aromatic nitrogens is 10. The molecule has 1 aliphatic heterocycles. The van der Waals surface area contributed by atoms with Crippen molar-refractivity contribution in [3.8, 4) is 0 Å². The van der Waals surface area contributed by atoms with Crippen LogP contribution in [-0.4, -0.2) is 189 Å². The third-order valence-corrected chi connectivity index (χ3v) is 20.5. The standard InChI is InChI=1S/C21H29FN6O3.C20H26FN7O2.C18H20ClFN4O3.C12H8Cl2FN3O.C7H8FN.C6H13NO2.C5HCl3N2O.C3H10N2/c1-14(20(30)31)4-2-10-24-18-17(13-27-21(28-18)25-11-3-9-23)19(29)26-12-15-5-7-16(22)8-6-15;21-14-6-4-13(5-7-14)11-26-18(29)15-12-27-20-25-10-2-9-24-19(30)16(22)3-1-8-23-17(15)28-20;1-11(17(26)27)3-2-8-21-15-14(10-23-18(19)24-15)16(25)22-9-12-4-6-13(20)7-5-12;13-10-9(6-17-12(14)18-10)11(19)16-5-7-1-3-8(15)4-2-7;8-7-3-1-6(5-9)2-4-7;1-5(6(8)9)3-2-4-7;6-3-2(4(7)11)1-9-5(8)10-3;4-2-1-3-5/h5-8,13-14H,2-4,9-12,23H2,1H3,(H,26,29)(H,30,31)(H2,24,25,27,28);4-7,12,16H,1-3,8-11,22H2,(H,24,30)(H,26,29)(H2,23,25,27,28);4-7,10-11H,2-3,8-9H2,1H3,(H,22,25)(H,26,27)(H,21,23,24);1-4,6H,5H2,(H,16,19);1-4H,5,9H2;5H,2-4,7H2,1H3,(H,8,9);1H;1-5H2/t14-;16-;11-;;;5-;;/m000..0../s1. The SMILES string of the molecule is C[C@@H](CCCN)C(=O)O.C[C@@H](CCCNc1nc(Cl)ncc1C(=O)NCc1ccc(F)cc1)C(=O)O.C[C@@H](CCCNc1nc(NCCCN)ncc1C(=O)NCc1ccc(F)cc1)C(=O)O.NCCCN.NCc1ccc(F)cc1.N[C@H]1CCCNc2nc(ncc2C(=O)NCc2ccc(F)cc2)NCCCNC1=O.O=C(Cl)c1cnc(Cl)nc1Cl.O=C(NCc1ccc(F)cc1)c1cnc(Cl)nc1Cl. The van der Waals surface area contributed by atoms with Gasteiger partial charge in [-0.05, 0) is 232 Å². The van der Waals surface area contributed by atoms with Crippen LogP contribution in [0, 0.1) is 46.8 Å². The molecular weight excluding hydrogens is 1970 g/mol. The molecule has 6 heterocycles. The van der Waals surface area contributed by atoms with Gasteiger partial charge in [0.05, 0.1) is 34.9 Å². The molecule has 5 amide bonds. The zero-order valence-corrected chi connectivity index (χ0v) is 81.8. The molecule has 38 nitrogen and oxygen atoms in total. The van der Waals surface area contributed by atoms with Gasteiger partial charge in [-0.15, -0.1) is 0 Å². The van der Waals surface area contributed by atoms with E-state index >= 15 is 0 Å². The molecule has 5 aromatic carbocycles. The Balaban J connectivity index is 0.000000355. The van der Waals surface area contributed by atoms with Crippen molar-refractivity contribution in [2.45, 2.75) is 130 Å². The molecule has 10 aromatic rings. The first-order chi connectivity index (χ1) is 67.4. The first-order valence-electron chi connectivity index (χ1n) is 44.0. The van der Waals surface area contributed by atoms with Gasteiger partial charge in [-0.25, -0.2) is 56.8 Å². The Morgan fingerprint density at radius 3 is 1.13 bits per heavy atom. The second kappa shape index (κ2) is 68.2. The number of hydrogen-bond acceptors (Lipinski definition) is 30. The highest BCUT2D eigenvalue weighted by atomic mass is 35.5. The second-order valence-corrected chi connectivity index (χ2v) is 32.4. The lowest BCUT2D eigenvalue weighted by molar-refractivity contribution is -0.142. The van der Waals surface area contributed by atoms with Gasteiger partial charge in [-0.2, -0.15) is 15.0 Å². The summed E-state index contributed by atoms with van der Waals surface area (Å²) in [6.07, 6.45) is 13.8. The maximum Gasteiger partial charge on any atom is 0.306 e. The van der Waals surface area contributed by atoms with Crippen molar-refractivity contribution >= 4 is 152 Å². The summed E-state index contributed by atoms with van der Waals surface area (Å²) in [5.41, 5.74) is 36.9. The van der Waals surface area contributed by atoms with Crippen molar-refractivity contribution in [2.24, 2.45) is 52.2 Å². The number of amides is 5. The van der Waals surface area contributed by atoms with Crippen LogP contribution in [0.25, 0.3) is 0 Å². The maximum atomic E-state index is 13.0. The van der Waals surface area contributed by atoms with Crippen LogP contribution in [0.4, 0.5) is 51.3 Å². The highest BCUT2D eigenvalue weighted by Gasteiger charge is 2.22. The molecule has 4 atom stereocenters. The molecule has 0 saturated carbocycles. The average Bonchev–Trinajstić information content (AvgIpc) is 0.834. The van der Waals surface area contributed by atoms with E-state index in [2.05, 4.69) is 103 Å². The molecule has 0 aliphatic carbocycles. The highest BCUT2D eigenvalue weighted by Crippen LogP contribution is 2.23. The van der Waals surface area contributed by atoms with E-state index in [1.807, 2.05) is 0 Å². The molecule has 0 saturated heterocycles. The Kier molecular flexibility index (Phi) is 58.2. The van der Waals surface area contributed by atoms with Crippen molar-refractivity contribution in [3.63, 3.8) is 0 Å². The smallest absolute Gasteiger partial charge is 0.306 e. The van der Waals surface area contributed by atoms with Crippen molar-refractivity contribution in [1.29, 1.82) is 0 Å². The number of nitrogens with two attached hydrogens (primary N) is 6. The lowest BCUT2D eigenvalue weighted by Gasteiger charge is -2.16. The number of hydrogen-bond donors (Lipinski definition) is 19. The fourth-order valence-corrected chi connectivity index (χ4v) is 12.1. The Morgan fingerprint density at radius 1 is 0.397 bits per heavy atom. The number of halogens is 11. The number of nitrogens with zero attached hydrogens (tertiary/aromatic N) is 10. The van der Waals surface area contributed by atoms with E-state index in [4.69, 9.17) is 119 Å². The van der Waals surface area contributed by atoms with E-state index < -0.39 is 52.8 Å². The van der Waals surface area contributed by atoms with E-state index in [1.54, 1.807) is 81.4 Å². The number of carbonyl (C=O) groups excluding carboxylic acids is 6. The van der Waals surface area contributed by atoms with Gasteiger partial charge in [0.1, 0.15) is 73.5 Å². The monoisotopic (exact) mass is 2080 g/mol.